The topological polar surface area (TPSA) is 65.1 Å². The molecular formula is C14H25N5O. The first-order chi connectivity index (χ1) is 9.58. The molecule has 0 unspecified atom stereocenters. The Balaban J connectivity index is 1.72. The molecule has 0 spiro atoms. The van der Waals surface area contributed by atoms with Crippen LogP contribution < -0.4 is 0 Å². The first-order valence-corrected chi connectivity index (χ1v) is 7.43. The Morgan fingerprint density at radius 3 is 2.75 bits per heavy atom. The highest BCUT2D eigenvalue weighted by Gasteiger charge is 2.22. The highest BCUT2D eigenvalue weighted by atomic mass is 16.2. The van der Waals surface area contributed by atoms with E-state index in [1.807, 2.05) is 7.05 Å². The number of nitrogens with zero attached hydrogens (tertiary/aromatic N) is 4. The van der Waals surface area contributed by atoms with Crippen LogP contribution in [0.3, 0.4) is 0 Å². The Hall–Kier alpha value is -1.43. The van der Waals surface area contributed by atoms with E-state index in [4.69, 9.17) is 0 Å². The Morgan fingerprint density at radius 2 is 2.20 bits per heavy atom. The van der Waals surface area contributed by atoms with Gasteiger partial charge in [0, 0.05) is 19.6 Å². The van der Waals surface area contributed by atoms with Crippen LogP contribution in [0.5, 0.6) is 0 Å². The zero-order valence-corrected chi connectivity index (χ0v) is 12.7. The van der Waals surface area contributed by atoms with Gasteiger partial charge in [0.05, 0.1) is 6.20 Å². The highest BCUT2D eigenvalue weighted by molar-refractivity contribution is 5.91. The van der Waals surface area contributed by atoms with E-state index in [1.54, 1.807) is 4.90 Å². The number of amides is 1. The SMILES string of the molecule is CC(C)N1CCC(CCN(C)C(=O)c2cn[nH]n2)CC1. The molecule has 2 heterocycles. The molecule has 1 N–H and O–H groups in total. The van der Waals surface area contributed by atoms with Crippen molar-refractivity contribution in [3.05, 3.63) is 11.9 Å². The van der Waals surface area contributed by atoms with Gasteiger partial charge in [0.1, 0.15) is 0 Å². The second kappa shape index (κ2) is 6.83. The number of nitrogens with one attached hydrogen (secondary N) is 1. The number of likely N-dealkylation sites (tertiary alicyclic amines) is 1. The highest BCUT2D eigenvalue weighted by Crippen LogP contribution is 2.22. The third-order valence-electron chi connectivity index (χ3n) is 4.23. The smallest absolute Gasteiger partial charge is 0.275 e. The molecule has 0 aromatic carbocycles. The maximum absolute atomic E-state index is 12.0. The molecule has 0 aliphatic carbocycles. The van der Waals surface area contributed by atoms with Gasteiger partial charge in [0.25, 0.3) is 5.91 Å². The van der Waals surface area contributed by atoms with Gasteiger partial charge in [-0.25, -0.2) is 0 Å². The van der Waals surface area contributed by atoms with Crippen molar-refractivity contribution in [2.75, 3.05) is 26.7 Å². The summed E-state index contributed by atoms with van der Waals surface area (Å²) < 4.78 is 0. The number of hydrogen-bond donors (Lipinski definition) is 1. The second-order valence-corrected chi connectivity index (χ2v) is 5.94. The lowest BCUT2D eigenvalue weighted by Gasteiger charge is -2.35. The summed E-state index contributed by atoms with van der Waals surface area (Å²) in [7, 11) is 1.83. The number of carbonyl (C=O) groups excluding carboxylic acids is 1. The van der Waals surface area contributed by atoms with Crippen molar-refractivity contribution in [3.8, 4) is 0 Å². The van der Waals surface area contributed by atoms with Crippen molar-refractivity contribution < 1.29 is 4.79 Å². The van der Waals surface area contributed by atoms with Gasteiger partial charge in [-0.15, -0.1) is 0 Å². The normalized spacial score (nSPS) is 17.6. The Labute approximate surface area is 120 Å². The average molecular weight is 279 g/mol. The Kier molecular flexibility index (Phi) is 5.11. The van der Waals surface area contributed by atoms with Crippen molar-refractivity contribution in [2.45, 2.75) is 39.2 Å². The number of aromatic nitrogens is 3. The Morgan fingerprint density at radius 1 is 1.50 bits per heavy atom. The maximum atomic E-state index is 12.0. The first kappa shape index (κ1) is 15.0. The molecule has 6 nitrogen and oxygen atoms in total. The van der Waals surface area contributed by atoms with Crippen LogP contribution in [0.15, 0.2) is 6.20 Å². The van der Waals surface area contributed by atoms with Gasteiger partial charge in [-0.2, -0.15) is 15.4 Å². The molecule has 6 heteroatoms. The number of carbonyl (C=O) groups is 1. The van der Waals surface area contributed by atoms with E-state index < -0.39 is 0 Å². The quantitative estimate of drug-likeness (QED) is 0.884. The summed E-state index contributed by atoms with van der Waals surface area (Å²) in [4.78, 5) is 16.3. The van der Waals surface area contributed by atoms with Gasteiger partial charge >= 0.3 is 0 Å². The van der Waals surface area contributed by atoms with Gasteiger partial charge in [-0.1, -0.05) is 0 Å². The van der Waals surface area contributed by atoms with Crippen LogP contribution >= 0.6 is 0 Å². The number of aromatic amines is 1. The molecule has 1 aliphatic heterocycles. The third-order valence-corrected chi connectivity index (χ3v) is 4.23. The predicted molar refractivity (Wildman–Crippen MR) is 77.4 cm³/mol. The molecule has 1 aromatic rings. The molecular weight excluding hydrogens is 254 g/mol. The molecule has 1 amide bonds. The summed E-state index contributed by atoms with van der Waals surface area (Å²) in [6.45, 7) is 7.67. The van der Waals surface area contributed by atoms with Gasteiger partial charge in [0.2, 0.25) is 0 Å². The minimum absolute atomic E-state index is 0.0571. The van der Waals surface area contributed by atoms with Crippen molar-refractivity contribution in [1.82, 2.24) is 25.2 Å². The molecule has 0 atom stereocenters. The van der Waals surface area contributed by atoms with Crippen LogP contribution in [0.2, 0.25) is 0 Å². The van der Waals surface area contributed by atoms with E-state index in [0.29, 0.717) is 11.7 Å². The van der Waals surface area contributed by atoms with E-state index in [-0.39, 0.29) is 5.91 Å². The fraction of sp³-hybridized carbons (Fsp3) is 0.786. The number of rotatable bonds is 5. The summed E-state index contributed by atoms with van der Waals surface area (Å²) in [6, 6.07) is 0.646. The summed E-state index contributed by atoms with van der Waals surface area (Å²) in [6.07, 6.45) is 5.03. The molecule has 0 bridgehead atoms. The average Bonchev–Trinajstić information content (AvgIpc) is 2.98. The fourth-order valence-electron chi connectivity index (χ4n) is 2.74. The van der Waals surface area contributed by atoms with Crippen LogP contribution in [0.25, 0.3) is 0 Å². The first-order valence-electron chi connectivity index (χ1n) is 7.43. The van der Waals surface area contributed by atoms with E-state index in [9.17, 15) is 4.79 Å². The lowest BCUT2D eigenvalue weighted by Crippen LogP contribution is -2.39. The molecule has 1 saturated heterocycles. The summed E-state index contributed by atoms with van der Waals surface area (Å²) in [5.41, 5.74) is 0.391. The van der Waals surface area contributed by atoms with E-state index in [2.05, 4.69) is 34.2 Å². The van der Waals surface area contributed by atoms with Crippen LogP contribution in [0, 0.1) is 5.92 Å². The molecule has 1 aromatic heterocycles. The zero-order valence-electron chi connectivity index (χ0n) is 12.7. The summed E-state index contributed by atoms with van der Waals surface area (Å²) >= 11 is 0. The fourth-order valence-corrected chi connectivity index (χ4v) is 2.74. The minimum Gasteiger partial charge on any atom is -0.340 e. The van der Waals surface area contributed by atoms with E-state index in [1.165, 1.54) is 32.1 Å². The molecule has 2 rings (SSSR count). The summed E-state index contributed by atoms with van der Waals surface area (Å²) in [5, 5.41) is 9.97. The lowest BCUT2D eigenvalue weighted by molar-refractivity contribution is 0.0768. The van der Waals surface area contributed by atoms with Gasteiger partial charge in [-0.05, 0) is 52.1 Å². The molecule has 1 fully saturated rings. The second-order valence-electron chi connectivity index (χ2n) is 5.94. The zero-order chi connectivity index (χ0) is 14.5. The standard InChI is InChI=1S/C14H25N5O/c1-11(2)19-8-5-12(6-9-19)4-7-18(3)14(20)13-10-15-17-16-13/h10-12H,4-9H2,1-3H3,(H,15,16,17). The monoisotopic (exact) mass is 279 g/mol. The van der Waals surface area contributed by atoms with Crippen molar-refractivity contribution in [3.63, 3.8) is 0 Å². The number of H-pyrrole nitrogens is 1. The van der Waals surface area contributed by atoms with Gasteiger partial charge < -0.3 is 9.80 Å². The minimum atomic E-state index is -0.0571. The molecule has 1 aliphatic rings. The Bertz CT molecular complexity index is 409. The van der Waals surface area contributed by atoms with Crippen LogP contribution in [-0.2, 0) is 0 Å². The number of hydrogen-bond acceptors (Lipinski definition) is 4. The van der Waals surface area contributed by atoms with Gasteiger partial charge in [0.15, 0.2) is 5.69 Å². The molecule has 0 radical (unpaired) electrons. The molecule has 0 saturated carbocycles. The predicted octanol–water partition coefficient (Wildman–Crippen LogP) is 1.39. The largest absolute Gasteiger partial charge is 0.340 e. The maximum Gasteiger partial charge on any atom is 0.275 e. The van der Waals surface area contributed by atoms with Crippen molar-refractivity contribution in [2.24, 2.45) is 5.92 Å². The van der Waals surface area contributed by atoms with E-state index in [0.717, 1.165) is 18.9 Å². The van der Waals surface area contributed by atoms with Crippen LogP contribution in [0.1, 0.15) is 43.6 Å². The third kappa shape index (κ3) is 3.79. The number of piperidine rings is 1. The lowest BCUT2D eigenvalue weighted by atomic mass is 9.93. The van der Waals surface area contributed by atoms with Crippen molar-refractivity contribution >= 4 is 5.91 Å². The van der Waals surface area contributed by atoms with Crippen LogP contribution in [0.4, 0.5) is 0 Å². The molecule has 112 valence electrons. The van der Waals surface area contributed by atoms with Gasteiger partial charge in [-0.3, -0.25) is 4.79 Å². The van der Waals surface area contributed by atoms with E-state index >= 15 is 0 Å². The van der Waals surface area contributed by atoms with Crippen LogP contribution in [-0.4, -0.2) is 63.8 Å². The summed E-state index contributed by atoms with van der Waals surface area (Å²) in [5.74, 6) is 0.677. The molecule has 20 heavy (non-hydrogen) atoms. The van der Waals surface area contributed by atoms with Crippen molar-refractivity contribution in [1.29, 1.82) is 0 Å².